The Kier molecular flexibility index (Phi) is 6.38. The highest BCUT2D eigenvalue weighted by molar-refractivity contribution is 14.1. The highest BCUT2D eigenvalue weighted by Gasteiger charge is 2.34. The maximum atomic E-state index is 12.6. The zero-order chi connectivity index (χ0) is 19.4. The van der Waals surface area contributed by atoms with E-state index in [9.17, 15) is 9.59 Å². The first-order valence-electron chi connectivity index (χ1n) is 8.18. The number of amidine groups is 1. The van der Waals surface area contributed by atoms with E-state index in [1.54, 1.807) is 38.4 Å². The predicted molar refractivity (Wildman–Crippen MR) is 117 cm³/mol. The summed E-state index contributed by atoms with van der Waals surface area (Å²) in [6, 6.07) is 14.7. The molecule has 0 saturated carbocycles. The van der Waals surface area contributed by atoms with E-state index in [4.69, 9.17) is 4.74 Å². The van der Waals surface area contributed by atoms with Gasteiger partial charge in [-0.1, -0.05) is 11.8 Å². The molecular weight excluding hydrogens is 477 g/mol. The number of anilines is 1. The van der Waals surface area contributed by atoms with Gasteiger partial charge in [0.05, 0.1) is 12.8 Å². The molecule has 1 unspecified atom stereocenters. The number of methoxy groups -OCH3 is 1. The molecule has 0 radical (unpaired) electrons. The number of nitrogens with zero attached hydrogens (tertiary/aromatic N) is 2. The Labute approximate surface area is 175 Å². The fraction of sp³-hybridized carbons (Fsp3) is 0.211. The molecule has 2 amide bonds. The lowest BCUT2D eigenvalue weighted by Gasteiger charge is -2.28. The minimum absolute atomic E-state index is 0.132. The third-order valence-corrected chi connectivity index (χ3v) is 5.93. The van der Waals surface area contributed by atoms with Crippen molar-refractivity contribution in [1.29, 1.82) is 0 Å². The predicted octanol–water partition coefficient (Wildman–Crippen LogP) is 3.89. The molecule has 1 N–H and O–H groups in total. The third kappa shape index (κ3) is 5.01. The normalized spacial score (nSPS) is 18.5. The van der Waals surface area contributed by atoms with E-state index in [0.29, 0.717) is 16.6 Å². The van der Waals surface area contributed by atoms with Crippen LogP contribution >= 0.6 is 34.4 Å². The lowest BCUT2D eigenvalue weighted by Crippen LogP contribution is -2.43. The van der Waals surface area contributed by atoms with Gasteiger partial charge in [0.2, 0.25) is 11.8 Å². The van der Waals surface area contributed by atoms with Crippen LogP contribution in [0.15, 0.2) is 53.5 Å². The number of hydrogen-bond acceptors (Lipinski definition) is 5. The Morgan fingerprint density at radius 2 is 1.89 bits per heavy atom. The molecule has 1 saturated heterocycles. The molecule has 1 atom stereocenters. The monoisotopic (exact) mass is 495 g/mol. The van der Waals surface area contributed by atoms with Gasteiger partial charge >= 0.3 is 0 Å². The van der Waals surface area contributed by atoms with Crippen LogP contribution in [0.1, 0.15) is 6.42 Å². The Bertz CT molecular complexity index is 869. The first-order valence-corrected chi connectivity index (χ1v) is 10.1. The van der Waals surface area contributed by atoms with E-state index < -0.39 is 5.25 Å². The van der Waals surface area contributed by atoms with E-state index in [-0.39, 0.29) is 18.2 Å². The average molecular weight is 495 g/mol. The summed E-state index contributed by atoms with van der Waals surface area (Å²) < 4.78 is 6.22. The largest absolute Gasteiger partial charge is 0.497 e. The van der Waals surface area contributed by atoms with Crippen molar-refractivity contribution in [3.05, 3.63) is 52.1 Å². The summed E-state index contributed by atoms with van der Waals surface area (Å²) in [7, 11) is 3.27. The van der Waals surface area contributed by atoms with Crippen LogP contribution in [-0.4, -0.2) is 41.3 Å². The Morgan fingerprint density at radius 1 is 1.22 bits per heavy atom. The van der Waals surface area contributed by atoms with Crippen LogP contribution in [0.25, 0.3) is 0 Å². The van der Waals surface area contributed by atoms with Gasteiger partial charge in [-0.3, -0.25) is 14.5 Å². The number of hydrogen-bond donors (Lipinski definition) is 1. The molecule has 1 aliphatic rings. The number of ether oxygens (including phenoxy) is 1. The zero-order valence-electron chi connectivity index (χ0n) is 14.8. The van der Waals surface area contributed by atoms with Crippen molar-refractivity contribution in [2.24, 2.45) is 4.99 Å². The van der Waals surface area contributed by atoms with E-state index >= 15 is 0 Å². The minimum Gasteiger partial charge on any atom is -0.497 e. The molecule has 0 spiro atoms. The number of nitrogens with one attached hydrogen (secondary N) is 1. The molecule has 1 aliphatic heterocycles. The van der Waals surface area contributed by atoms with Gasteiger partial charge in [-0.25, -0.2) is 4.99 Å². The number of halogens is 1. The molecule has 8 heteroatoms. The Morgan fingerprint density at radius 3 is 2.52 bits per heavy atom. The summed E-state index contributed by atoms with van der Waals surface area (Å²) in [6.45, 7) is 0. The summed E-state index contributed by atoms with van der Waals surface area (Å²) in [6.07, 6.45) is 0.134. The van der Waals surface area contributed by atoms with Gasteiger partial charge in [-0.05, 0) is 71.1 Å². The van der Waals surface area contributed by atoms with Crippen LogP contribution in [0.2, 0.25) is 0 Å². The smallest absolute Gasteiger partial charge is 0.238 e. The Balaban J connectivity index is 1.74. The standard InChI is InChI=1S/C19H18IN3O3S/c1-23-17(24)11-16(18(25)21-13-7-9-15(26-2)10-8-13)27-19(23)22-14-5-3-12(20)4-6-14/h3-10,16H,11H2,1-2H3,(H,21,25). The highest BCUT2D eigenvalue weighted by Crippen LogP contribution is 2.29. The number of amides is 2. The topological polar surface area (TPSA) is 71.0 Å². The molecule has 6 nitrogen and oxygen atoms in total. The molecule has 2 aromatic rings. The van der Waals surface area contributed by atoms with Crippen molar-refractivity contribution >= 4 is 62.7 Å². The van der Waals surface area contributed by atoms with Crippen molar-refractivity contribution in [2.75, 3.05) is 19.5 Å². The lowest BCUT2D eigenvalue weighted by atomic mass is 10.2. The second-order valence-corrected chi connectivity index (χ2v) is 8.27. The van der Waals surface area contributed by atoms with Gasteiger partial charge in [0, 0.05) is 22.7 Å². The molecule has 0 bridgehead atoms. The SMILES string of the molecule is COc1ccc(NC(=O)C2CC(=O)N(C)C(=Nc3ccc(I)cc3)S2)cc1. The molecule has 140 valence electrons. The van der Waals surface area contributed by atoms with Gasteiger partial charge in [0.1, 0.15) is 11.0 Å². The van der Waals surface area contributed by atoms with Crippen LogP contribution in [0.3, 0.4) is 0 Å². The summed E-state index contributed by atoms with van der Waals surface area (Å²) in [4.78, 5) is 31.0. The maximum Gasteiger partial charge on any atom is 0.238 e. The van der Waals surface area contributed by atoms with E-state index in [0.717, 1.165) is 9.26 Å². The van der Waals surface area contributed by atoms with E-state index in [1.807, 2.05) is 24.3 Å². The number of carbonyl (C=O) groups is 2. The van der Waals surface area contributed by atoms with Crippen LogP contribution < -0.4 is 10.1 Å². The van der Waals surface area contributed by atoms with Crippen LogP contribution in [-0.2, 0) is 9.59 Å². The van der Waals surface area contributed by atoms with E-state index in [1.165, 1.54) is 16.7 Å². The fourth-order valence-electron chi connectivity index (χ4n) is 2.42. The quantitative estimate of drug-likeness (QED) is 0.654. The minimum atomic E-state index is -0.529. The Hall–Kier alpha value is -2.07. The summed E-state index contributed by atoms with van der Waals surface area (Å²) in [5, 5.41) is 2.83. The average Bonchev–Trinajstić information content (AvgIpc) is 2.67. The lowest BCUT2D eigenvalue weighted by molar-refractivity contribution is -0.128. The molecule has 27 heavy (non-hydrogen) atoms. The van der Waals surface area contributed by atoms with Gasteiger partial charge < -0.3 is 10.1 Å². The van der Waals surface area contributed by atoms with E-state index in [2.05, 4.69) is 32.9 Å². The number of rotatable bonds is 4. The number of aliphatic imine (C=N–C) groups is 1. The van der Waals surface area contributed by atoms with Crippen LogP contribution in [0.5, 0.6) is 5.75 Å². The molecule has 1 heterocycles. The van der Waals surface area contributed by atoms with Crippen molar-refractivity contribution in [3.8, 4) is 5.75 Å². The van der Waals surface area contributed by atoms with Gasteiger partial charge in [-0.2, -0.15) is 0 Å². The third-order valence-electron chi connectivity index (χ3n) is 3.97. The highest BCUT2D eigenvalue weighted by atomic mass is 127. The number of thioether (sulfide) groups is 1. The maximum absolute atomic E-state index is 12.6. The van der Waals surface area contributed by atoms with Crippen LogP contribution in [0, 0.1) is 3.57 Å². The van der Waals surface area contributed by atoms with Crippen LogP contribution in [0.4, 0.5) is 11.4 Å². The van der Waals surface area contributed by atoms with Gasteiger partial charge in [0.15, 0.2) is 5.17 Å². The second kappa shape index (κ2) is 8.75. The second-order valence-electron chi connectivity index (χ2n) is 5.85. The van der Waals surface area contributed by atoms with Crippen molar-refractivity contribution in [1.82, 2.24) is 4.90 Å². The molecular formula is C19H18IN3O3S. The first kappa shape index (κ1) is 19.7. The summed E-state index contributed by atoms with van der Waals surface area (Å²) >= 11 is 3.52. The van der Waals surface area contributed by atoms with Crippen molar-refractivity contribution in [3.63, 3.8) is 0 Å². The molecule has 0 aromatic heterocycles. The van der Waals surface area contributed by atoms with Crippen molar-refractivity contribution in [2.45, 2.75) is 11.7 Å². The molecule has 3 rings (SSSR count). The number of benzene rings is 2. The molecule has 1 fully saturated rings. The zero-order valence-corrected chi connectivity index (χ0v) is 17.8. The van der Waals surface area contributed by atoms with Gasteiger partial charge in [0.25, 0.3) is 0 Å². The number of carbonyl (C=O) groups excluding carboxylic acids is 2. The summed E-state index contributed by atoms with van der Waals surface area (Å²) in [5.41, 5.74) is 1.40. The van der Waals surface area contributed by atoms with Crippen molar-refractivity contribution < 1.29 is 14.3 Å². The molecule has 2 aromatic carbocycles. The van der Waals surface area contributed by atoms with Gasteiger partial charge in [-0.15, -0.1) is 0 Å². The summed E-state index contributed by atoms with van der Waals surface area (Å²) in [5.74, 6) is 0.360. The first-order chi connectivity index (χ1) is 13.0. The molecule has 0 aliphatic carbocycles. The fourth-order valence-corrected chi connectivity index (χ4v) is 3.84.